The zero-order valence-corrected chi connectivity index (χ0v) is 10.9. The predicted octanol–water partition coefficient (Wildman–Crippen LogP) is 3.74. The van der Waals surface area contributed by atoms with Crippen LogP contribution < -0.4 is 0 Å². The molecule has 3 nitrogen and oxygen atoms in total. The molecular formula is C14H11NO2S. The maximum Gasteiger partial charge on any atom is 0.247 e. The molecule has 0 unspecified atom stereocenters. The van der Waals surface area contributed by atoms with Crippen molar-refractivity contribution in [1.82, 2.24) is 4.98 Å². The fourth-order valence-corrected chi connectivity index (χ4v) is 2.46. The zero-order valence-electron chi connectivity index (χ0n) is 10.1. The van der Waals surface area contributed by atoms with E-state index >= 15 is 0 Å². The van der Waals surface area contributed by atoms with Gasteiger partial charge >= 0.3 is 0 Å². The summed E-state index contributed by atoms with van der Waals surface area (Å²) in [7, 11) is 0. The number of carbonyl (C=O) groups excluding carboxylic acids is 1. The minimum atomic E-state index is -0.159. The summed E-state index contributed by atoms with van der Waals surface area (Å²) in [6.07, 6.45) is 0. The van der Waals surface area contributed by atoms with Gasteiger partial charge in [-0.3, -0.25) is 4.79 Å². The lowest BCUT2D eigenvalue weighted by Crippen LogP contribution is -1.99. The molecule has 3 aromatic rings. The third-order valence-corrected chi connectivity index (χ3v) is 3.52. The summed E-state index contributed by atoms with van der Waals surface area (Å²) >= 11 is 1.46. The number of nitrogens with zero attached hydrogens (tertiary/aromatic N) is 1. The number of rotatable bonds is 2. The van der Waals surface area contributed by atoms with Gasteiger partial charge in [0.2, 0.25) is 5.78 Å². The number of hydrogen-bond donors (Lipinski definition) is 0. The second-order valence-corrected chi connectivity index (χ2v) is 5.30. The van der Waals surface area contributed by atoms with Crippen molar-refractivity contribution in [2.75, 3.05) is 0 Å². The average Bonchev–Trinajstić information content (AvgIpc) is 2.93. The number of ketones is 1. The molecule has 0 fully saturated rings. The van der Waals surface area contributed by atoms with E-state index in [2.05, 4.69) is 4.98 Å². The van der Waals surface area contributed by atoms with Crippen molar-refractivity contribution in [3.63, 3.8) is 0 Å². The van der Waals surface area contributed by atoms with E-state index in [1.54, 1.807) is 11.4 Å². The van der Waals surface area contributed by atoms with Crippen LogP contribution in [0, 0.1) is 13.8 Å². The molecule has 0 saturated carbocycles. The van der Waals surface area contributed by atoms with Crippen LogP contribution in [0.25, 0.3) is 11.0 Å². The van der Waals surface area contributed by atoms with E-state index < -0.39 is 0 Å². The van der Waals surface area contributed by atoms with Gasteiger partial charge in [0.25, 0.3) is 0 Å². The van der Waals surface area contributed by atoms with Gasteiger partial charge in [-0.2, -0.15) is 0 Å². The number of furan rings is 1. The summed E-state index contributed by atoms with van der Waals surface area (Å²) in [5.74, 6) is 0.189. The Bertz CT molecular complexity index is 739. The predicted molar refractivity (Wildman–Crippen MR) is 71.2 cm³/mol. The zero-order chi connectivity index (χ0) is 12.7. The van der Waals surface area contributed by atoms with Crippen molar-refractivity contribution >= 4 is 28.1 Å². The molecule has 1 aromatic carbocycles. The Morgan fingerprint density at radius 2 is 2.11 bits per heavy atom. The molecule has 0 atom stereocenters. The molecule has 0 radical (unpaired) electrons. The molecule has 0 aliphatic heterocycles. The number of benzene rings is 1. The van der Waals surface area contributed by atoms with Crippen LogP contribution in [-0.2, 0) is 0 Å². The Labute approximate surface area is 108 Å². The summed E-state index contributed by atoms with van der Waals surface area (Å²) < 4.78 is 5.56. The van der Waals surface area contributed by atoms with Crippen molar-refractivity contribution in [1.29, 1.82) is 0 Å². The van der Waals surface area contributed by atoms with Crippen molar-refractivity contribution < 1.29 is 9.21 Å². The van der Waals surface area contributed by atoms with E-state index in [4.69, 9.17) is 4.42 Å². The van der Waals surface area contributed by atoms with Crippen LogP contribution in [0.5, 0.6) is 0 Å². The highest BCUT2D eigenvalue weighted by molar-refractivity contribution is 7.09. The van der Waals surface area contributed by atoms with E-state index in [0.29, 0.717) is 11.5 Å². The topological polar surface area (TPSA) is 43.1 Å². The summed E-state index contributed by atoms with van der Waals surface area (Å²) in [5, 5.41) is 3.59. The van der Waals surface area contributed by atoms with E-state index in [9.17, 15) is 4.79 Å². The van der Waals surface area contributed by atoms with Crippen molar-refractivity contribution in [2.24, 2.45) is 0 Å². The maximum atomic E-state index is 12.2. The third-order valence-electron chi connectivity index (χ3n) is 2.75. The summed E-state index contributed by atoms with van der Waals surface area (Å²) in [5.41, 5.74) is 2.33. The monoisotopic (exact) mass is 257 g/mol. The van der Waals surface area contributed by atoms with Gasteiger partial charge in [-0.25, -0.2) is 4.98 Å². The molecule has 0 N–H and O–H groups in total. The summed E-state index contributed by atoms with van der Waals surface area (Å²) in [4.78, 5) is 16.3. The van der Waals surface area contributed by atoms with Crippen LogP contribution in [0.3, 0.4) is 0 Å². The SMILES string of the molecule is Cc1ccc2oc(C(=O)c3csc(C)n3)cc2c1. The van der Waals surface area contributed by atoms with Crippen LogP contribution in [0.15, 0.2) is 34.1 Å². The first-order valence-corrected chi connectivity index (χ1v) is 6.48. The minimum Gasteiger partial charge on any atom is -0.453 e. The van der Waals surface area contributed by atoms with Crippen LogP contribution >= 0.6 is 11.3 Å². The molecule has 90 valence electrons. The second kappa shape index (κ2) is 4.07. The number of thiazole rings is 1. The molecule has 3 rings (SSSR count). The minimum absolute atomic E-state index is 0.159. The highest BCUT2D eigenvalue weighted by Gasteiger charge is 2.17. The molecule has 0 spiro atoms. The number of hydrogen-bond acceptors (Lipinski definition) is 4. The first-order chi connectivity index (χ1) is 8.63. The van der Waals surface area contributed by atoms with Gasteiger partial charge in [0, 0.05) is 10.8 Å². The maximum absolute atomic E-state index is 12.2. The molecular weight excluding hydrogens is 246 g/mol. The molecule has 0 aliphatic rings. The van der Waals surface area contributed by atoms with E-state index in [1.807, 2.05) is 32.0 Å². The molecule has 0 saturated heterocycles. The number of fused-ring (bicyclic) bond motifs is 1. The number of carbonyl (C=O) groups is 1. The van der Waals surface area contributed by atoms with Crippen LogP contribution in [0.1, 0.15) is 26.8 Å². The van der Waals surface area contributed by atoms with Gasteiger partial charge in [-0.05, 0) is 32.0 Å². The standard InChI is InChI=1S/C14H11NO2S/c1-8-3-4-12-10(5-8)6-13(17-12)14(16)11-7-18-9(2)15-11/h3-7H,1-2H3. The van der Waals surface area contributed by atoms with E-state index in [1.165, 1.54) is 11.3 Å². The van der Waals surface area contributed by atoms with Crippen molar-refractivity contribution in [3.8, 4) is 0 Å². The average molecular weight is 257 g/mol. The largest absolute Gasteiger partial charge is 0.453 e. The van der Waals surface area contributed by atoms with E-state index in [-0.39, 0.29) is 5.78 Å². The van der Waals surface area contributed by atoms with Crippen molar-refractivity contribution in [3.05, 3.63) is 51.7 Å². The fourth-order valence-electron chi connectivity index (χ4n) is 1.87. The third kappa shape index (κ3) is 1.84. The quantitative estimate of drug-likeness (QED) is 0.657. The van der Waals surface area contributed by atoms with Gasteiger partial charge in [0.15, 0.2) is 5.76 Å². The molecule has 2 aromatic heterocycles. The molecule has 4 heteroatoms. The number of aromatic nitrogens is 1. The molecule has 0 bridgehead atoms. The Morgan fingerprint density at radius 1 is 1.28 bits per heavy atom. The van der Waals surface area contributed by atoms with Gasteiger partial charge in [-0.15, -0.1) is 11.3 Å². The smallest absolute Gasteiger partial charge is 0.247 e. The van der Waals surface area contributed by atoms with Gasteiger partial charge in [0.05, 0.1) is 5.01 Å². The summed E-state index contributed by atoms with van der Waals surface area (Å²) in [6.45, 7) is 3.89. The lowest BCUT2D eigenvalue weighted by atomic mass is 10.1. The molecule has 2 heterocycles. The Hall–Kier alpha value is -1.94. The van der Waals surface area contributed by atoms with E-state index in [0.717, 1.165) is 21.5 Å². The molecule has 18 heavy (non-hydrogen) atoms. The first-order valence-electron chi connectivity index (χ1n) is 5.60. The molecule has 0 aliphatic carbocycles. The lowest BCUT2D eigenvalue weighted by Gasteiger charge is -1.90. The van der Waals surface area contributed by atoms with Crippen molar-refractivity contribution in [2.45, 2.75) is 13.8 Å². The van der Waals surface area contributed by atoms with Crippen LogP contribution in [0.4, 0.5) is 0 Å². The normalized spacial score (nSPS) is 11.0. The van der Waals surface area contributed by atoms with Crippen LogP contribution in [0.2, 0.25) is 0 Å². The van der Waals surface area contributed by atoms with Crippen LogP contribution in [-0.4, -0.2) is 10.8 Å². The molecule has 0 amide bonds. The summed E-state index contributed by atoms with van der Waals surface area (Å²) in [6, 6.07) is 7.63. The Morgan fingerprint density at radius 3 is 2.83 bits per heavy atom. The van der Waals surface area contributed by atoms with Gasteiger partial charge < -0.3 is 4.42 Å². The number of aryl methyl sites for hydroxylation is 2. The highest BCUT2D eigenvalue weighted by atomic mass is 32.1. The first kappa shape index (κ1) is 11.2. The van der Waals surface area contributed by atoms with Gasteiger partial charge in [-0.1, -0.05) is 11.6 Å². The highest BCUT2D eigenvalue weighted by Crippen LogP contribution is 2.23. The van der Waals surface area contributed by atoms with Gasteiger partial charge in [0.1, 0.15) is 11.3 Å². The lowest BCUT2D eigenvalue weighted by molar-refractivity contribution is 0.101. The fraction of sp³-hybridized carbons (Fsp3) is 0.143. The second-order valence-electron chi connectivity index (χ2n) is 4.23. The Kier molecular flexibility index (Phi) is 2.52. The Balaban J connectivity index is 2.06.